The summed E-state index contributed by atoms with van der Waals surface area (Å²) in [4.78, 5) is 2.32. The van der Waals surface area contributed by atoms with Crippen LogP contribution >= 0.6 is 0 Å². The van der Waals surface area contributed by atoms with E-state index in [1.807, 2.05) is 0 Å². The summed E-state index contributed by atoms with van der Waals surface area (Å²) in [6.07, 6.45) is 0. The second kappa shape index (κ2) is 7.37. The molecular formula is C16H41CoN3Si2. The van der Waals surface area contributed by atoms with Crippen molar-refractivity contribution in [3.8, 4) is 0 Å². The van der Waals surface area contributed by atoms with Crippen molar-refractivity contribution in [3.63, 3.8) is 0 Å². The molecule has 0 amide bonds. The van der Waals surface area contributed by atoms with E-state index in [1.54, 1.807) is 0 Å². The third-order valence-corrected chi connectivity index (χ3v) is 13.0. The predicted octanol–water partition coefficient (Wildman–Crippen LogP) is 4.31. The molecule has 0 aliphatic carbocycles. The van der Waals surface area contributed by atoms with Gasteiger partial charge in [0.05, 0.1) is 0 Å². The van der Waals surface area contributed by atoms with Gasteiger partial charge < -0.3 is 0 Å². The van der Waals surface area contributed by atoms with E-state index in [0.29, 0.717) is 0 Å². The van der Waals surface area contributed by atoms with Crippen LogP contribution in [0.4, 0.5) is 0 Å². The molecular weight excluding hydrogens is 349 g/mol. The van der Waals surface area contributed by atoms with Gasteiger partial charge in [-0.2, -0.15) is 0 Å². The molecule has 0 unspecified atom stereocenters. The maximum absolute atomic E-state index is 2.79. The zero-order chi connectivity index (χ0) is 18.1. The van der Waals surface area contributed by atoms with Crippen LogP contribution in [0.3, 0.4) is 0 Å². The van der Waals surface area contributed by atoms with Crippen LogP contribution in [0, 0.1) is 0 Å². The Morgan fingerprint density at radius 2 is 1.09 bits per heavy atom. The zero-order valence-corrected chi connectivity index (χ0v) is 20.4. The fourth-order valence-electron chi connectivity index (χ4n) is 3.20. The number of nitrogens with zero attached hydrogens (tertiary/aromatic N) is 3. The summed E-state index contributed by atoms with van der Waals surface area (Å²) in [5.74, 6) is 0. The first kappa shape index (κ1) is 22.8. The van der Waals surface area contributed by atoms with Gasteiger partial charge in [0.1, 0.15) is 0 Å². The van der Waals surface area contributed by atoms with Crippen LogP contribution < -0.4 is 0 Å². The second-order valence-electron chi connectivity index (χ2n) is 10.2. The molecule has 0 aromatic rings. The van der Waals surface area contributed by atoms with Gasteiger partial charge in [0.25, 0.3) is 0 Å². The van der Waals surface area contributed by atoms with Crippen LogP contribution in [0.25, 0.3) is 0 Å². The molecule has 0 spiro atoms. The minimum absolute atomic E-state index is 0.178. The topological polar surface area (TPSA) is 9.72 Å². The maximum atomic E-state index is 2.79. The summed E-state index contributed by atoms with van der Waals surface area (Å²) in [7, 11) is 1.53. The first-order valence-electron chi connectivity index (χ1n) is 8.26. The molecule has 0 saturated heterocycles. The van der Waals surface area contributed by atoms with Crippen molar-refractivity contribution < 1.29 is 15.1 Å². The van der Waals surface area contributed by atoms with Crippen molar-refractivity contribution in [2.45, 2.75) is 85.0 Å². The van der Waals surface area contributed by atoms with Crippen LogP contribution in [-0.2, 0) is 15.1 Å². The molecule has 0 aliphatic heterocycles. The molecule has 0 rings (SSSR count). The van der Waals surface area contributed by atoms with E-state index in [9.17, 15) is 0 Å². The van der Waals surface area contributed by atoms with Gasteiger partial charge in [-0.1, -0.05) is 0 Å². The van der Waals surface area contributed by atoms with Crippen molar-refractivity contribution >= 4 is 16.5 Å². The summed E-state index contributed by atoms with van der Waals surface area (Å²) in [6, 6.07) is 0. The number of hydrogen-bond acceptors (Lipinski definition) is 3. The average Bonchev–Trinajstić information content (AvgIpc) is 2.06. The average molecular weight is 391 g/mol. The van der Waals surface area contributed by atoms with Crippen molar-refractivity contribution in [2.24, 2.45) is 0 Å². The summed E-state index contributed by atoms with van der Waals surface area (Å²) >= 11 is 1.44. The molecule has 0 bridgehead atoms. The van der Waals surface area contributed by atoms with E-state index in [4.69, 9.17) is 0 Å². The number of likely N-dealkylation sites (N-methyl/N-ethyl adjacent to an activating group) is 1. The molecule has 0 fully saturated rings. The molecule has 6 heteroatoms. The first-order chi connectivity index (χ1) is 9.39. The molecule has 0 radical (unpaired) electrons. The quantitative estimate of drug-likeness (QED) is 0.600. The predicted molar refractivity (Wildman–Crippen MR) is 103 cm³/mol. The molecule has 0 atom stereocenters. The fourth-order valence-corrected chi connectivity index (χ4v) is 11.1. The Balaban J connectivity index is 5.65. The first-order valence-corrected chi connectivity index (χ1v) is 16.1. The Morgan fingerprint density at radius 3 is 1.32 bits per heavy atom. The Bertz CT molecular complexity index is 338. The standard InChI is InChI=1S/C9H23N2Si.C7H18NSi.Co/c1-9(2,8-11(3)4)10-12(5,6)7;1-7(2,3)8-9(4,5)6;/h8H2,1-7H3;1-6H3;/q2*-1;+2. The van der Waals surface area contributed by atoms with Crippen LogP contribution in [0.1, 0.15) is 34.6 Å². The third-order valence-electron chi connectivity index (χ3n) is 3.02. The molecule has 3 nitrogen and oxygen atoms in total. The van der Waals surface area contributed by atoms with E-state index >= 15 is 0 Å². The molecule has 0 aromatic carbocycles. The Morgan fingerprint density at radius 1 is 0.727 bits per heavy atom. The third kappa shape index (κ3) is 7.15. The van der Waals surface area contributed by atoms with E-state index in [-0.39, 0.29) is 11.1 Å². The van der Waals surface area contributed by atoms with Crippen LogP contribution in [0.5, 0.6) is 0 Å². The van der Waals surface area contributed by atoms with Gasteiger partial charge in [-0.15, -0.1) is 0 Å². The van der Waals surface area contributed by atoms with Crippen LogP contribution in [0.2, 0.25) is 39.3 Å². The summed E-state index contributed by atoms with van der Waals surface area (Å²) in [5, 5.41) is 0. The van der Waals surface area contributed by atoms with Gasteiger partial charge >= 0.3 is 149 Å². The fraction of sp³-hybridized carbons (Fsp3) is 1.00. The molecule has 0 heterocycles. The second-order valence-corrected chi connectivity index (χ2v) is 21.7. The molecule has 0 N–H and O–H groups in total. The molecule has 0 saturated carbocycles. The van der Waals surface area contributed by atoms with Crippen LogP contribution in [-0.4, -0.2) is 60.3 Å². The van der Waals surface area contributed by atoms with E-state index in [2.05, 4.69) is 100 Å². The molecule has 22 heavy (non-hydrogen) atoms. The van der Waals surface area contributed by atoms with Gasteiger partial charge in [0.15, 0.2) is 0 Å². The molecule has 0 aromatic heterocycles. The van der Waals surface area contributed by atoms with Gasteiger partial charge in [-0.25, -0.2) is 0 Å². The zero-order valence-electron chi connectivity index (χ0n) is 17.4. The SMILES string of the molecule is CN(C)CC(C)(C)[N]([Co][N](C(C)(C)C)[Si](C)(C)C)[Si](C)(C)C. The Kier molecular flexibility index (Phi) is 7.65. The molecule has 0 aliphatic rings. The van der Waals surface area contributed by atoms with Crippen molar-refractivity contribution in [2.75, 3.05) is 20.6 Å². The normalized spacial score (nSPS) is 15.5. The van der Waals surface area contributed by atoms with E-state index in [0.717, 1.165) is 6.54 Å². The van der Waals surface area contributed by atoms with Gasteiger partial charge in [0.2, 0.25) is 0 Å². The van der Waals surface area contributed by atoms with Gasteiger partial charge in [0, 0.05) is 0 Å². The number of rotatable bonds is 7. The summed E-state index contributed by atoms with van der Waals surface area (Å²) in [5.41, 5.74) is 0.383. The van der Waals surface area contributed by atoms with Crippen molar-refractivity contribution in [3.05, 3.63) is 0 Å². The monoisotopic (exact) mass is 390 g/mol. The van der Waals surface area contributed by atoms with Crippen LogP contribution in [0.15, 0.2) is 0 Å². The Labute approximate surface area is 149 Å². The van der Waals surface area contributed by atoms with Crippen molar-refractivity contribution in [1.29, 1.82) is 0 Å². The van der Waals surface area contributed by atoms with E-state index < -0.39 is 16.5 Å². The number of hydrogen-bond donors (Lipinski definition) is 0. The van der Waals surface area contributed by atoms with E-state index in [1.165, 1.54) is 15.1 Å². The summed E-state index contributed by atoms with van der Waals surface area (Å²) in [6.45, 7) is 27.8. The summed E-state index contributed by atoms with van der Waals surface area (Å²) < 4.78 is 5.55. The minimum atomic E-state index is -1.44. The van der Waals surface area contributed by atoms with Gasteiger partial charge in [-0.05, 0) is 0 Å². The van der Waals surface area contributed by atoms with Gasteiger partial charge in [-0.3, -0.25) is 0 Å². The van der Waals surface area contributed by atoms with Crippen molar-refractivity contribution in [1.82, 2.24) is 12.1 Å². The molecule has 137 valence electrons. The Hall–Kier alpha value is 0.820.